The van der Waals surface area contributed by atoms with Crippen LogP contribution in [0.1, 0.15) is 12.5 Å². The van der Waals surface area contributed by atoms with E-state index in [-0.39, 0.29) is 12.3 Å². The van der Waals surface area contributed by atoms with Gasteiger partial charge < -0.3 is 5.11 Å². The van der Waals surface area contributed by atoms with E-state index in [1.165, 1.54) is 22.6 Å². The number of hydrazine groups is 1. The average molecular weight is 349 g/mol. The smallest absolute Gasteiger partial charge is 0.286 e. The van der Waals surface area contributed by atoms with Gasteiger partial charge in [-0.2, -0.15) is 10.2 Å². The van der Waals surface area contributed by atoms with Crippen LogP contribution in [0, 0.1) is 0 Å². The number of fused-ring (bicyclic) bond motifs is 2. The number of aliphatic imine (C=N–C) groups is 1. The second-order valence-corrected chi connectivity index (χ2v) is 5.78. The lowest BCUT2D eigenvalue weighted by Crippen LogP contribution is -2.39. The molecule has 0 unspecified atom stereocenters. The Morgan fingerprint density at radius 1 is 1.38 bits per heavy atom. The molecule has 0 atom stereocenters. The van der Waals surface area contributed by atoms with E-state index in [4.69, 9.17) is 0 Å². The van der Waals surface area contributed by atoms with Gasteiger partial charge in [-0.15, -0.1) is 5.11 Å². The van der Waals surface area contributed by atoms with Crippen molar-refractivity contribution in [2.75, 3.05) is 6.54 Å². The van der Waals surface area contributed by atoms with Gasteiger partial charge in [0, 0.05) is 29.1 Å². The maximum atomic E-state index is 12.1. The van der Waals surface area contributed by atoms with E-state index >= 15 is 0 Å². The largest absolute Gasteiger partial charge is 0.504 e. The Kier molecular flexibility index (Phi) is 3.81. The summed E-state index contributed by atoms with van der Waals surface area (Å²) in [7, 11) is 0. The van der Waals surface area contributed by atoms with E-state index < -0.39 is 5.91 Å². The van der Waals surface area contributed by atoms with Crippen LogP contribution < -0.4 is 5.43 Å². The highest BCUT2D eigenvalue weighted by Gasteiger charge is 2.29. The number of hydrogen-bond donors (Lipinski definition) is 2. The molecule has 1 aromatic rings. The maximum absolute atomic E-state index is 12.1. The summed E-state index contributed by atoms with van der Waals surface area (Å²) in [4.78, 5) is 16.3. The second kappa shape index (κ2) is 6.28. The third-order valence-electron chi connectivity index (χ3n) is 3.87. The van der Waals surface area contributed by atoms with Gasteiger partial charge in [0.25, 0.3) is 5.91 Å². The van der Waals surface area contributed by atoms with Gasteiger partial charge in [-0.05, 0) is 13.0 Å². The molecule has 3 aliphatic heterocycles. The molecule has 2 N–H and O–H groups in total. The number of rotatable bonds is 3. The summed E-state index contributed by atoms with van der Waals surface area (Å²) in [5, 5.41) is 24.6. The lowest BCUT2D eigenvalue weighted by atomic mass is 10.1. The first-order chi connectivity index (χ1) is 12.6. The SMILES string of the molecule is CC1=CC(O)=C2N(CC(=O)N=N/C=C3/C=Nc4ccccc43)N=CN2N1. The van der Waals surface area contributed by atoms with Crippen molar-refractivity contribution >= 4 is 29.7 Å². The molecule has 0 fully saturated rings. The topological polar surface area (TPSA) is 105 Å². The highest BCUT2D eigenvalue weighted by molar-refractivity contribution is 6.16. The molecule has 9 heteroatoms. The lowest BCUT2D eigenvalue weighted by molar-refractivity contribution is -0.119. The second-order valence-electron chi connectivity index (χ2n) is 5.78. The van der Waals surface area contributed by atoms with E-state index in [2.05, 4.69) is 25.7 Å². The molecule has 3 aliphatic rings. The van der Waals surface area contributed by atoms with Gasteiger partial charge >= 0.3 is 0 Å². The van der Waals surface area contributed by atoms with Gasteiger partial charge in [-0.25, -0.2) is 10.0 Å². The number of benzene rings is 1. The molecule has 4 rings (SSSR count). The highest BCUT2D eigenvalue weighted by Crippen LogP contribution is 2.30. The van der Waals surface area contributed by atoms with Crippen LogP contribution in [-0.4, -0.2) is 40.1 Å². The summed E-state index contributed by atoms with van der Waals surface area (Å²) in [5.74, 6) is -0.102. The van der Waals surface area contributed by atoms with Crippen LogP contribution in [0.5, 0.6) is 0 Å². The number of nitrogens with one attached hydrogen (secondary N) is 1. The van der Waals surface area contributed by atoms with Crippen LogP contribution in [0.25, 0.3) is 5.57 Å². The van der Waals surface area contributed by atoms with Crippen LogP contribution in [0.2, 0.25) is 0 Å². The first kappa shape index (κ1) is 15.8. The minimum Gasteiger partial charge on any atom is -0.504 e. The normalized spacial score (nSPS) is 19.3. The van der Waals surface area contributed by atoms with Crippen LogP contribution >= 0.6 is 0 Å². The van der Waals surface area contributed by atoms with Crippen molar-refractivity contribution in [1.29, 1.82) is 0 Å². The summed E-state index contributed by atoms with van der Waals surface area (Å²) in [6, 6.07) is 7.65. The predicted molar refractivity (Wildman–Crippen MR) is 96.0 cm³/mol. The van der Waals surface area contributed by atoms with Crippen molar-refractivity contribution < 1.29 is 9.90 Å². The first-order valence-corrected chi connectivity index (χ1v) is 7.88. The van der Waals surface area contributed by atoms with E-state index in [0.29, 0.717) is 5.82 Å². The predicted octanol–water partition coefficient (Wildman–Crippen LogP) is 2.43. The van der Waals surface area contributed by atoms with Crippen molar-refractivity contribution in [2.45, 2.75) is 6.92 Å². The number of allylic oxidation sites excluding steroid dienone is 3. The number of hydrogen-bond acceptors (Lipinski definition) is 8. The van der Waals surface area contributed by atoms with Crippen molar-refractivity contribution in [3.05, 3.63) is 59.4 Å². The third kappa shape index (κ3) is 2.86. The fourth-order valence-electron chi connectivity index (χ4n) is 2.75. The molecule has 0 spiro atoms. The summed E-state index contributed by atoms with van der Waals surface area (Å²) in [6.45, 7) is 1.67. The van der Waals surface area contributed by atoms with Gasteiger partial charge in [-0.3, -0.25) is 15.2 Å². The Hall–Kier alpha value is -3.75. The number of aliphatic hydroxyl groups excluding tert-OH is 1. The Morgan fingerprint density at radius 3 is 3.12 bits per heavy atom. The molecule has 26 heavy (non-hydrogen) atoms. The zero-order chi connectivity index (χ0) is 18.1. The van der Waals surface area contributed by atoms with E-state index in [1.807, 2.05) is 24.3 Å². The minimum atomic E-state index is -0.490. The minimum absolute atomic E-state index is 0.0179. The van der Waals surface area contributed by atoms with Crippen molar-refractivity contribution in [1.82, 2.24) is 15.4 Å². The molecule has 0 saturated heterocycles. The van der Waals surface area contributed by atoms with Crippen LogP contribution in [0.15, 0.2) is 74.1 Å². The molecule has 0 saturated carbocycles. The first-order valence-electron chi connectivity index (χ1n) is 7.88. The van der Waals surface area contributed by atoms with Crippen molar-refractivity contribution in [3.63, 3.8) is 0 Å². The van der Waals surface area contributed by atoms with Gasteiger partial charge in [0.1, 0.15) is 12.9 Å². The number of azo groups is 1. The van der Waals surface area contributed by atoms with Crippen LogP contribution in [0.4, 0.5) is 5.69 Å². The molecular weight excluding hydrogens is 334 g/mol. The highest BCUT2D eigenvalue weighted by atomic mass is 16.3. The summed E-state index contributed by atoms with van der Waals surface area (Å²) in [6.07, 6.45) is 6.21. The van der Waals surface area contributed by atoms with E-state index in [1.54, 1.807) is 19.2 Å². The van der Waals surface area contributed by atoms with Crippen LogP contribution in [-0.2, 0) is 4.79 Å². The maximum Gasteiger partial charge on any atom is 0.286 e. The molecule has 0 aliphatic carbocycles. The number of hydrazone groups is 1. The number of aliphatic hydroxyl groups is 1. The number of carbonyl (C=O) groups excluding carboxylic acids is 1. The molecule has 1 aromatic carbocycles. The monoisotopic (exact) mass is 349 g/mol. The van der Waals surface area contributed by atoms with Gasteiger partial charge in [0.15, 0.2) is 11.6 Å². The fourth-order valence-corrected chi connectivity index (χ4v) is 2.75. The Morgan fingerprint density at radius 2 is 2.23 bits per heavy atom. The van der Waals surface area contributed by atoms with Gasteiger partial charge in [-0.1, -0.05) is 18.2 Å². The zero-order valence-electron chi connectivity index (χ0n) is 13.9. The Balaban J connectivity index is 1.43. The molecule has 1 amide bonds. The van der Waals surface area contributed by atoms with Gasteiger partial charge in [0.05, 0.1) is 11.9 Å². The fraction of sp³-hybridized carbons (Fsp3) is 0.118. The van der Waals surface area contributed by atoms with Gasteiger partial charge in [0.2, 0.25) is 0 Å². The summed E-state index contributed by atoms with van der Waals surface area (Å²) >= 11 is 0. The number of nitrogens with zero attached hydrogens (tertiary/aromatic N) is 6. The molecule has 9 nitrogen and oxygen atoms in total. The molecule has 0 bridgehead atoms. The Labute approximate surface area is 149 Å². The van der Waals surface area contributed by atoms with Crippen molar-refractivity contribution in [3.8, 4) is 0 Å². The lowest BCUT2D eigenvalue weighted by Gasteiger charge is -2.26. The van der Waals surface area contributed by atoms with E-state index in [0.717, 1.165) is 22.5 Å². The zero-order valence-corrected chi connectivity index (χ0v) is 13.9. The number of para-hydroxylation sites is 1. The van der Waals surface area contributed by atoms with Crippen LogP contribution in [0.3, 0.4) is 0 Å². The third-order valence-corrected chi connectivity index (χ3v) is 3.87. The molecule has 0 radical (unpaired) electrons. The molecular formula is C17H15N7O2. The Bertz CT molecular complexity index is 956. The molecule has 130 valence electrons. The summed E-state index contributed by atoms with van der Waals surface area (Å²) < 4.78 is 0. The molecule has 3 heterocycles. The average Bonchev–Trinajstić information content (AvgIpc) is 3.19. The standard InChI is InChI=1S/C17H15N7O2/c1-11-6-15(25)17-23(20-10-24(17)22-11)9-16(26)21-19-8-12-7-18-14-5-3-2-4-13(12)14/h2-8,10,22,25H,9H2,1H3/b12-8-,21-19?. The number of amides is 1. The van der Waals surface area contributed by atoms with E-state index in [9.17, 15) is 9.90 Å². The summed E-state index contributed by atoms with van der Waals surface area (Å²) in [5.41, 5.74) is 6.36. The molecule has 0 aromatic heterocycles. The quantitative estimate of drug-likeness (QED) is 0.816. The number of carbonyl (C=O) groups is 1. The van der Waals surface area contributed by atoms with Crippen molar-refractivity contribution in [2.24, 2.45) is 20.3 Å².